The molecule has 1 aromatic carbocycles. The predicted octanol–water partition coefficient (Wildman–Crippen LogP) is 2.88. The molecule has 1 aromatic rings. The summed E-state index contributed by atoms with van der Waals surface area (Å²) in [5, 5.41) is 6.67. The molecule has 2 atom stereocenters. The molecular weight excluding hydrogens is 331 g/mol. The summed E-state index contributed by atoms with van der Waals surface area (Å²) in [7, 11) is 1.76. The number of benzene rings is 1. The second kappa shape index (κ2) is 10.4. The van der Waals surface area contributed by atoms with Crippen molar-refractivity contribution in [3.8, 4) is 5.75 Å². The smallest absolute Gasteiger partial charge is 0.191 e. The van der Waals surface area contributed by atoms with Gasteiger partial charge in [-0.25, -0.2) is 4.39 Å². The van der Waals surface area contributed by atoms with E-state index in [0.29, 0.717) is 18.5 Å². The summed E-state index contributed by atoms with van der Waals surface area (Å²) in [6.07, 6.45) is 2.33. The van der Waals surface area contributed by atoms with Crippen molar-refractivity contribution in [3.63, 3.8) is 0 Å². The molecule has 0 aromatic heterocycles. The van der Waals surface area contributed by atoms with Crippen molar-refractivity contribution in [1.82, 2.24) is 15.5 Å². The van der Waals surface area contributed by atoms with Crippen LogP contribution in [0.5, 0.6) is 5.75 Å². The van der Waals surface area contributed by atoms with E-state index in [9.17, 15) is 4.39 Å². The van der Waals surface area contributed by atoms with Crippen LogP contribution in [0.15, 0.2) is 29.3 Å². The number of halogens is 1. The lowest BCUT2D eigenvalue weighted by Crippen LogP contribution is -2.47. The first-order valence-electron chi connectivity index (χ1n) is 9.59. The number of hydrogen-bond donors (Lipinski definition) is 2. The summed E-state index contributed by atoms with van der Waals surface area (Å²) in [6.45, 7) is 10.2. The number of guanidine groups is 1. The van der Waals surface area contributed by atoms with E-state index >= 15 is 0 Å². The van der Waals surface area contributed by atoms with Gasteiger partial charge in [0.2, 0.25) is 0 Å². The molecule has 2 N–H and O–H groups in total. The van der Waals surface area contributed by atoms with Crippen LogP contribution in [0.3, 0.4) is 0 Å². The average Bonchev–Trinajstić information content (AvgIpc) is 2.64. The van der Waals surface area contributed by atoms with Gasteiger partial charge in [-0.05, 0) is 58.2 Å². The molecule has 0 amide bonds. The van der Waals surface area contributed by atoms with E-state index < -0.39 is 0 Å². The quantitative estimate of drug-likeness (QED) is 0.577. The van der Waals surface area contributed by atoms with Crippen LogP contribution in [-0.4, -0.2) is 56.2 Å². The number of likely N-dealkylation sites (tertiary alicyclic amines) is 1. The minimum absolute atomic E-state index is 0.170. The molecule has 1 heterocycles. The van der Waals surface area contributed by atoms with Gasteiger partial charge in [0.1, 0.15) is 6.10 Å². The predicted molar refractivity (Wildman–Crippen MR) is 105 cm³/mol. The summed E-state index contributed by atoms with van der Waals surface area (Å²) >= 11 is 0. The fraction of sp³-hybridized carbons (Fsp3) is 0.650. The Morgan fingerprint density at radius 1 is 1.31 bits per heavy atom. The number of rotatable bonds is 7. The third-order valence-corrected chi connectivity index (χ3v) is 4.78. The SMILES string of the molecule is CN=C(NCC1CCCN(C(C)C)C1)NCC(C)Oc1ccccc1F. The molecule has 0 aliphatic carbocycles. The Bertz CT molecular complexity index is 579. The fourth-order valence-electron chi connectivity index (χ4n) is 3.23. The van der Waals surface area contributed by atoms with Gasteiger partial charge < -0.3 is 20.3 Å². The summed E-state index contributed by atoms with van der Waals surface area (Å²) in [4.78, 5) is 6.81. The van der Waals surface area contributed by atoms with Gasteiger partial charge in [-0.15, -0.1) is 0 Å². The highest BCUT2D eigenvalue weighted by Crippen LogP contribution is 2.18. The molecule has 0 radical (unpaired) electrons. The largest absolute Gasteiger partial charge is 0.486 e. The summed E-state index contributed by atoms with van der Waals surface area (Å²) < 4.78 is 19.3. The average molecular weight is 365 g/mol. The number of nitrogens with one attached hydrogen (secondary N) is 2. The number of nitrogens with zero attached hydrogens (tertiary/aromatic N) is 2. The standard InChI is InChI=1S/C20H33FN4O/c1-15(2)25-11-7-8-17(14-25)13-24-20(22-4)23-12-16(3)26-19-10-6-5-9-18(19)21/h5-6,9-10,15-17H,7-8,11-14H2,1-4H3,(H2,22,23,24). The zero-order valence-corrected chi connectivity index (χ0v) is 16.5. The molecule has 1 aliphatic rings. The Labute approximate surface area is 157 Å². The molecule has 6 heteroatoms. The number of hydrogen-bond acceptors (Lipinski definition) is 3. The normalized spacial score (nSPS) is 20.1. The lowest BCUT2D eigenvalue weighted by atomic mass is 9.97. The maximum absolute atomic E-state index is 13.6. The van der Waals surface area contributed by atoms with Gasteiger partial charge >= 0.3 is 0 Å². The van der Waals surface area contributed by atoms with Crippen molar-refractivity contribution < 1.29 is 9.13 Å². The van der Waals surface area contributed by atoms with Crippen molar-refractivity contribution in [3.05, 3.63) is 30.1 Å². The summed E-state index contributed by atoms with van der Waals surface area (Å²) in [5.41, 5.74) is 0. The van der Waals surface area contributed by atoms with Crippen molar-refractivity contribution in [2.45, 2.75) is 45.8 Å². The first-order valence-corrected chi connectivity index (χ1v) is 9.59. The monoisotopic (exact) mass is 364 g/mol. The molecule has 1 saturated heterocycles. The maximum Gasteiger partial charge on any atom is 0.191 e. The molecule has 1 aliphatic heterocycles. The second-order valence-corrected chi connectivity index (χ2v) is 7.29. The van der Waals surface area contributed by atoms with Crippen LogP contribution in [0.2, 0.25) is 0 Å². The maximum atomic E-state index is 13.6. The van der Waals surface area contributed by atoms with Crippen LogP contribution in [0.25, 0.3) is 0 Å². The van der Waals surface area contributed by atoms with Gasteiger partial charge in [-0.2, -0.15) is 0 Å². The van der Waals surface area contributed by atoms with E-state index in [1.54, 1.807) is 25.2 Å². The van der Waals surface area contributed by atoms with Gasteiger partial charge in [0.05, 0.1) is 6.54 Å². The van der Waals surface area contributed by atoms with E-state index in [-0.39, 0.29) is 17.7 Å². The molecule has 5 nitrogen and oxygen atoms in total. The third kappa shape index (κ3) is 6.48. The Morgan fingerprint density at radius 3 is 2.77 bits per heavy atom. The summed E-state index contributed by atoms with van der Waals surface area (Å²) in [5.74, 6) is 1.34. The number of piperidine rings is 1. The molecule has 0 spiro atoms. The third-order valence-electron chi connectivity index (χ3n) is 4.78. The highest BCUT2D eigenvalue weighted by molar-refractivity contribution is 5.79. The second-order valence-electron chi connectivity index (χ2n) is 7.29. The van der Waals surface area contributed by atoms with E-state index in [0.717, 1.165) is 19.0 Å². The zero-order chi connectivity index (χ0) is 18.9. The van der Waals surface area contributed by atoms with Crippen LogP contribution in [-0.2, 0) is 0 Å². The van der Waals surface area contributed by atoms with Crippen molar-refractivity contribution in [2.24, 2.45) is 10.9 Å². The van der Waals surface area contributed by atoms with Gasteiger partial charge in [0.25, 0.3) is 0 Å². The van der Waals surface area contributed by atoms with E-state index in [4.69, 9.17) is 4.74 Å². The first kappa shape index (κ1) is 20.5. The first-order chi connectivity index (χ1) is 12.5. The molecular formula is C20H33FN4O. The molecule has 1 fully saturated rings. The molecule has 26 heavy (non-hydrogen) atoms. The highest BCUT2D eigenvalue weighted by atomic mass is 19.1. The molecule has 146 valence electrons. The Balaban J connectivity index is 1.73. The number of ether oxygens (including phenoxy) is 1. The van der Waals surface area contributed by atoms with Crippen LogP contribution >= 0.6 is 0 Å². The molecule has 2 rings (SSSR count). The van der Waals surface area contributed by atoms with Crippen molar-refractivity contribution >= 4 is 5.96 Å². The lowest BCUT2D eigenvalue weighted by molar-refractivity contribution is 0.141. The number of aliphatic imine (C=N–C) groups is 1. The van der Waals surface area contributed by atoms with Crippen molar-refractivity contribution in [1.29, 1.82) is 0 Å². The van der Waals surface area contributed by atoms with Crippen LogP contribution in [0, 0.1) is 11.7 Å². The number of para-hydroxylation sites is 1. The van der Waals surface area contributed by atoms with Gasteiger partial charge in [0, 0.05) is 26.2 Å². The minimum atomic E-state index is -0.339. The minimum Gasteiger partial charge on any atom is -0.486 e. The Hall–Kier alpha value is -1.82. The lowest BCUT2D eigenvalue weighted by Gasteiger charge is -2.35. The van der Waals surface area contributed by atoms with Crippen molar-refractivity contribution in [2.75, 3.05) is 33.2 Å². The van der Waals surface area contributed by atoms with Gasteiger partial charge in [-0.3, -0.25) is 4.99 Å². The molecule has 2 unspecified atom stereocenters. The fourth-order valence-corrected chi connectivity index (χ4v) is 3.23. The molecule has 0 saturated carbocycles. The van der Waals surface area contributed by atoms with Crippen LogP contribution in [0.1, 0.15) is 33.6 Å². The van der Waals surface area contributed by atoms with Gasteiger partial charge in [-0.1, -0.05) is 12.1 Å². The molecule has 0 bridgehead atoms. The van der Waals surface area contributed by atoms with E-state index in [1.165, 1.54) is 25.5 Å². The topological polar surface area (TPSA) is 48.9 Å². The highest BCUT2D eigenvalue weighted by Gasteiger charge is 2.21. The zero-order valence-electron chi connectivity index (χ0n) is 16.5. The van der Waals surface area contributed by atoms with E-state index in [1.807, 2.05) is 6.92 Å². The van der Waals surface area contributed by atoms with Crippen LogP contribution in [0.4, 0.5) is 4.39 Å². The van der Waals surface area contributed by atoms with E-state index in [2.05, 4.69) is 34.4 Å². The van der Waals surface area contributed by atoms with Gasteiger partial charge in [0.15, 0.2) is 17.5 Å². The summed E-state index contributed by atoms with van der Waals surface area (Å²) in [6, 6.07) is 7.07. The Morgan fingerprint density at radius 2 is 2.08 bits per heavy atom. The van der Waals surface area contributed by atoms with Crippen LogP contribution < -0.4 is 15.4 Å². The Kier molecular flexibility index (Phi) is 8.16.